The molecule has 26 heavy (non-hydrogen) atoms. The highest BCUT2D eigenvalue weighted by Gasteiger charge is 2.33. The first-order chi connectivity index (χ1) is 12.8. The second kappa shape index (κ2) is 7.52. The number of hydrogen-bond acceptors (Lipinski definition) is 4. The van der Waals surface area contributed by atoms with Gasteiger partial charge in [0.2, 0.25) is 11.8 Å². The van der Waals surface area contributed by atoms with Crippen molar-refractivity contribution in [1.29, 1.82) is 0 Å². The maximum absolute atomic E-state index is 12.3. The SMILES string of the molecule is O=C1CC(c2noc(CCc3ccccc3)n2)CN1Cc1ccccc1. The van der Waals surface area contributed by atoms with Crippen LogP contribution >= 0.6 is 0 Å². The molecule has 2 heterocycles. The second-order valence-electron chi connectivity index (χ2n) is 6.69. The Bertz CT molecular complexity index is 861. The molecule has 0 radical (unpaired) electrons. The van der Waals surface area contributed by atoms with E-state index in [1.165, 1.54) is 5.56 Å². The molecule has 4 rings (SSSR count). The van der Waals surface area contributed by atoms with Crippen molar-refractivity contribution in [3.63, 3.8) is 0 Å². The lowest BCUT2D eigenvalue weighted by molar-refractivity contribution is -0.128. The normalized spacial score (nSPS) is 17.0. The molecule has 1 aromatic heterocycles. The van der Waals surface area contributed by atoms with Gasteiger partial charge in [-0.2, -0.15) is 4.98 Å². The van der Waals surface area contributed by atoms with Gasteiger partial charge in [0.1, 0.15) is 0 Å². The Morgan fingerprint density at radius 1 is 0.962 bits per heavy atom. The van der Waals surface area contributed by atoms with E-state index in [-0.39, 0.29) is 11.8 Å². The van der Waals surface area contributed by atoms with Gasteiger partial charge in [0, 0.05) is 31.8 Å². The minimum atomic E-state index is 0.0143. The van der Waals surface area contributed by atoms with Crippen LogP contribution in [0.3, 0.4) is 0 Å². The molecule has 1 amide bonds. The third-order valence-electron chi connectivity index (χ3n) is 4.75. The predicted octanol–water partition coefficient (Wildman–Crippen LogP) is 3.37. The van der Waals surface area contributed by atoms with E-state index in [0.29, 0.717) is 37.6 Å². The molecule has 1 aliphatic heterocycles. The van der Waals surface area contributed by atoms with Gasteiger partial charge in [-0.15, -0.1) is 0 Å². The number of benzene rings is 2. The van der Waals surface area contributed by atoms with Crippen LogP contribution < -0.4 is 0 Å². The van der Waals surface area contributed by atoms with Gasteiger partial charge in [-0.3, -0.25) is 4.79 Å². The van der Waals surface area contributed by atoms with Crippen LogP contribution in [0.15, 0.2) is 65.2 Å². The highest BCUT2D eigenvalue weighted by molar-refractivity contribution is 5.79. The van der Waals surface area contributed by atoms with Crippen LogP contribution in [-0.4, -0.2) is 27.5 Å². The number of amides is 1. The van der Waals surface area contributed by atoms with Crippen LogP contribution in [0.1, 0.15) is 35.2 Å². The lowest BCUT2D eigenvalue weighted by atomic mass is 10.1. The highest BCUT2D eigenvalue weighted by atomic mass is 16.5. The Kier molecular flexibility index (Phi) is 4.78. The number of aromatic nitrogens is 2. The van der Waals surface area contributed by atoms with E-state index >= 15 is 0 Å². The van der Waals surface area contributed by atoms with Crippen molar-refractivity contribution < 1.29 is 9.32 Å². The van der Waals surface area contributed by atoms with E-state index in [9.17, 15) is 4.79 Å². The van der Waals surface area contributed by atoms with Crippen molar-refractivity contribution in [1.82, 2.24) is 15.0 Å². The lowest BCUT2D eigenvalue weighted by Gasteiger charge is -2.15. The number of likely N-dealkylation sites (tertiary alicyclic amines) is 1. The molecule has 0 N–H and O–H groups in total. The molecule has 0 saturated carbocycles. The first-order valence-corrected chi connectivity index (χ1v) is 8.96. The summed E-state index contributed by atoms with van der Waals surface area (Å²) < 4.78 is 5.40. The summed E-state index contributed by atoms with van der Waals surface area (Å²) in [5.74, 6) is 1.45. The van der Waals surface area contributed by atoms with Crippen LogP contribution in [0, 0.1) is 0 Å². The molecule has 1 saturated heterocycles. The van der Waals surface area contributed by atoms with Gasteiger partial charge in [-0.25, -0.2) is 0 Å². The maximum Gasteiger partial charge on any atom is 0.226 e. The van der Waals surface area contributed by atoms with Gasteiger partial charge in [0.05, 0.1) is 0 Å². The first-order valence-electron chi connectivity index (χ1n) is 8.96. The summed E-state index contributed by atoms with van der Waals surface area (Å²) in [6.07, 6.45) is 2.03. The number of rotatable bonds is 6. The number of nitrogens with zero attached hydrogens (tertiary/aromatic N) is 3. The fraction of sp³-hybridized carbons (Fsp3) is 0.286. The predicted molar refractivity (Wildman–Crippen MR) is 97.4 cm³/mol. The molecule has 2 aromatic carbocycles. The monoisotopic (exact) mass is 347 g/mol. The van der Waals surface area contributed by atoms with Crippen molar-refractivity contribution in [2.45, 2.75) is 31.7 Å². The Balaban J connectivity index is 1.36. The van der Waals surface area contributed by atoms with Crippen molar-refractivity contribution in [3.8, 4) is 0 Å². The average molecular weight is 347 g/mol. The number of aryl methyl sites for hydroxylation is 2. The van der Waals surface area contributed by atoms with Crippen LogP contribution in [-0.2, 0) is 24.2 Å². The molecule has 0 bridgehead atoms. The molecule has 3 aromatic rings. The van der Waals surface area contributed by atoms with Gasteiger partial charge in [0.25, 0.3) is 0 Å². The molecular weight excluding hydrogens is 326 g/mol. The van der Waals surface area contributed by atoms with Crippen LogP contribution in [0.5, 0.6) is 0 Å². The molecule has 5 nitrogen and oxygen atoms in total. The number of carbonyl (C=O) groups excluding carboxylic acids is 1. The molecule has 1 fully saturated rings. The van der Waals surface area contributed by atoms with E-state index in [1.54, 1.807) is 0 Å². The Morgan fingerprint density at radius 3 is 2.38 bits per heavy atom. The summed E-state index contributed by atoms with van der Waals surface area (Å²) in [5.41, 5.74) is 2.38. The zero-order valence-corrected chi connectivity index (χ0v) is 14.5. The summed E-state index contributed by atoms with van der Waals surface area (Å²) >= 11 is 0. The topological polar surface area (TPSA) is 59.2 Å². The van der Waals surface area contributed by atoms with Crippen molar-refractivity contribution in [2.75, 3.05) is 6.54 Å². The molecule has 132 valence electrons. The quantitative estimate of drug-likeness (QED) is 0.686. The van der Waals surface area contributed by atoms with E-state index in [2.05, 4.69) is 22.3 Å². The van der Waals surface area contributed by atoms with Gasteiger partial charge >= 0.3 is 0 Å². The lowest BCUT2D eigenvalue weighted by Crippen LogP contribution is -2.24. The summed E-state index contributed by atoms with van der Waals surface area (Å²) in [7, 11) is 0. The summed E-state index contributed by atoms with van der Waals surface area (Å²) in [4.78, 5) is 18.7. The second-order valence-corrected chi connectivity index (χ2v) is 6.69. The molecule has 0 spiro atoms. The minimum Gasteiger partial charge on any atom is -0.339 e. The summed E-state index contributed by atoms with van der Waals surface area (Å²) in [5, 5.41) is 4.12. The third kappa shape index (κ3) is 3.82. The van der Waals surface area contributed by atoms with Crippen LogP contribution in [0.2, 0.25) is 0 Å². The fourth-order valence-corrected chi connectivity index (χ4v) is 3.33. The Morgan fingerprint density at radius 2 is 1.65 bits per heavy atom. The molecular formula is C21H21N3O2. The smallest absolute Gasteiger partial charge is 0.226 e. The van der Waals surface area contributed by atoms with Crippen molar-refractivity contribution in [3.05, 3.63) is 83.5 Å². The van der Waals surface area contributed by atoms with Gasteiger partial charge < -0.3 is 9.42 Å². The average Bonchev–Trinajstić information content (AvgIpc) is 3.29. The summed E-state index contributed by atoms with van der Waals surface area (Å²) in [6, 6.07) is 20.3. The van der Waals surface area contributed by atoms with E-state index in [4.69, 9.17) is 4.52 Å². The minimum absolute atomic E-state index is 0.0143. The molecule has 1 atom stereocenters. The Labute approximate surface area is 152 Å². The zero-order valence-electron chi connectivity index (χ0n) is 14.5. The molecule has 0 aliphatic carbocycles. The molecule has 5 heteroatoms. The largest absolute Gasteiger partial charge is 0.339 e. The number of hydrogen-bond donors (Lipinski definition) is 0. The van der Waals surface area contributed by atoms with Gasteiger partial charge in [-0.1, -0.05) is 65.8 Å². The maximum atomic E-state index is 12.3. The Hall–Kier alpha value is -2.95. The fourth-order valence-electron chi connectivity index (χ4n) is 3.33. The number of carbonyl (C=O) groups is 1. The van der Waals surface area contributed by atoms with E-state index in [0.717, 1.165) is 12.0 Å². The zero-order chi connectivity index (χ0) is 17.8. The van der Waals surface area contributed by atoms with Gasteiger partial charge in [-0.05, 0) is 17.5 Å². The van der Waals surface area contributed by atoms with Crippen LogP contribution in [0.25, 0.3) is 0 Å². The molecule has 1 unspecified atom stereocenters. The molecule has 1 aliphatic rings. The van der Waals surface area contributed by atoms with Crippen LogP contribution in [0.4, 0.5) is 0 Å². The first kappa shape index (κ1) is 16.5. The third-order valence-corrected chi connectivity index (χ3v) is 4.75. The van der Waals surface area contributed by atoms with E-state index < -0.39 is 0 Å². The standard InChI is InChI=1S/C21H21N3O2/c25-20-13-18(15-24(20)14-17-9-5-2-6-10-17)21-22-19(26-23-21)12-11-16-7-3-1-4-8-16/h1-10,18H,11-15H2. The highest BCUT2D eigenvalue weighted by Crippen LogP contribution is 2.27. The van der Waals surface area contributed by atoms with Crippen molar-refractivity contribution >= 4 is 5.91 Å². The van der Waals surface area contributed by atoms with E-state index in [1.807, 2.05) is 53.4 Å². The van der Waals surface area contributed by atoms with Gasteiger partial charge in [0.15, 0.2) is 5.82 Å². The summed E-state index contributed by atoms with van der Waals surface area (Å²) in [6.45, 7) is 1.28. The van der Waals surface area contributed by atoms with Crippen molar-refractivity contribution in [2.24, 2.45) is 0 Å².